The highest BCUT2D eigenvalue weighted by Crippen LogP contribution is 2.41. The number of anilines is 1. The highest BCUT2D eigenvalue weighted by Gasteiger charge is 2.37. The van der Waals surface area contributed by atoms with Gasteiger partial charge in [0.05, 0.1) is 29.4 Å². The van der Waals surface area contributed by atoms with Crippen LogP contribution in [0.5, 0.6) is 0 Å². The monoisotopic (exact) mass is 490 g/mol. The molecule has 0 aliphatic rings. The molecule has 0 saturated heterocycles. The topological polar surface area (TPSA) is 96.9 Å². The first-order valence-electron chi connectivity index (χ1n) is 10.5. The number of pyridine rings is 1. The molecule has 8 heteroatoms. The van der Waals surface area contributed by atoms with Crippen molar-refractivity contribution in [2.75, 3.05) is 5.73 Å². The Bertz CT molecular complexity index is 1590. The van der Waals surface area contributed by atoms with Crippen LogP contribution in [0.4, 0.5) is 5.69 Å². The number of aryl methyl sites for hydroxylation is 1. The summed E-state index contributed by atoms with van der Waals surface area (Å²) in [5, 5.41) is 14.0. The molecule has 170 valence electrons. The molecule has 3 aromatic carbocycles. The lowest BCUT2D eigenvalue weighted by Crippen LogP contribution is -2.31. The Labute approximate surface area is 205 Å². The highest BCUT2D eigenvalue weighted by molar-refractivity contribution is 6.31. The van der Waals surface area contributed by atoms with Crippen LogP contribution in [0, 0.1) is 0 Å². The minimum atomic E-state index is -1.60. The normalized spacial score (nSPS) is 13.2. The number of hydrogen-bond acceptors (Lipinski definition) is 4. The van der Waals surface area contributed by atoms with Crippen LogP contribution in [0.2, 0.25) is 10.0 Å². The van der Waals surface area contributed by atoms with Gasteiger partial charge < -0.3 is 20.4 Å². The number of rotatable bonds is 4. The molecular weight excluding hydrogens is 471 g/mol. The number of imidazole rings is 1. The van der Waals surface area contributed by atoms with Crippen LogP contribution >= 0.6 is 23.2 Å². The first kappa shape index (κ1) is 22.2. The summed E-state index contributed by atoms with van der Waals surface area (Å²) in [6, 6.07) is 19.2. The summed E-state index contributed by atoms with van der Waals surface area (Å²) in [6.45, 7) is 0. The fraction of sp³-hybridized carbons (Fsp3) is 0.0769. The van der Waals surface area contributed by atoms with Gasteiger partial charge in [0.25, 0.3) is 0 Å². The summed E-state index contributed by atoms with van der Waals surface area (Å²) in [6.07, 6.45) is 3.23. The number of benzene rings is 3. The molecule has 2 heterocycles. The third kappa shape index (κ3) is 3.66. The number of halogens is 2. The lowest BCUT2D eigenvalue weighted by atomic mass is 9.82. The largest absolute Gasteiger partial charge is 0.397 e. The van der Waals surface area contributed by atoms with E-state index in [9.17, 15) is 9.90 Å². The van der Waals surface area contributed by atoms with Gasteiger partial charge in [0, 0.05) is 28.5 Å². The molecule has 0 spiro atoms. The molecule has 5 rings (SSSR count). The second-order valence-electron chi connectivity index (χ2n) is 8.15. The van der Waals surface area contributed by atoms with Crippen LogP contribution in [0.3, 0.4) is 0 Å². The summed E-state index contributed by atoms with van der Waals surface area (Å²) in [5.41, 5.74) is 8.42. The van der Waals surface area contributed by atoms with Gasteiger partial charge in [-0.15, -0.1) is 0 Å². The molecule has 4 N–H and O–H groups in total. The van der Waals surface area contributed by atoms with E-state index in [0.29, 0.717) is 49.0 Å². The van der Waals surface area contributed by atoms with Gasteiger partial charge in [-0.3, -0.25) is 4.79 Å². The van der Waals surface area contributed by atoms with Crippen molar-refractivity contribution in [3.63, 3.8) is 0 Å². The Balaban J connectivity index is 1.85. The van der Waals surface area contributed by atoms with E-state index in [1.54, 1.807) is 59.6 Å². The predicted octanol–water partition coefficient (Wildman–Crippen LogP) is 5.10. The number of nitrogens with one attached hydrogen (secondary N) is 1. The van der Waals surface area contributed by atoms with E-state index in [1.807, 2.05) is 25.2 Å². The second-order valence-corrected chi connectivity index (χ2v) is 9.03. The summed E-state index contributed by atoms with van der Waals surface area (Å²) in [5.74, 6) is 0. The van der Waals surface area contributed by atoms with Crippen molar-refractivity contribution in [3.8, 4) is 11.1 Å². The Hall–Kier alpha value is -3.58. The molecule has 0 bridgehead atoms. The maximum atomic E-state index is 12.5. The van der Waals surface area contributed by atoms with Gasteiger partial charge in [0.2, 0.25) is 5.56 Å². The minimum absolute atomic E-state index is 0.290. The standard InChI is InChI=1S/C26H20Cl2N4O2/c1-32-14-30-13-23(32)26(34,16-5-7-18(27)8-6-16)17-10-21-20(15-3-2-4-19(28)9-15)12-24(33)31-25(21)22(29)11-17/h2-14,34H,29H2,1H3,(H,31,33). The quantitative estimate of drug-likeness (QED) is 0.305. The van der Waals surface area contributed by atoms with E-state index in [2.05, 4.69) is 9.97 Å². The summed E-state index contributed by atoms with van der Waals surface area (Å²) in [7, 11) is 1.81. The molecular formula is C26H20Cl2N4O2. The molecule has 34 heavy (non-hydrogen) atoms. The SMILES string of the molecule is Cn1cncc1C(O)(c1ccc(Cl)cc1)c1cc(N)c2[nH]c(=O)cc(-c3cccc(Cl)c3)c2c1. The third-order valence-electron chi connectivity index (χ3n) is 5.99. The number of H-pyrrole nitrogens is 1. The average molecular weight is 491 g/mol. The van der Waals surface area contributed by atoms with Gasteiger partial charge in [-0.2, -0.15) is 0 Å². The van der Waals surface area contributed by atoms with Crippen LogP contribution in [0.15, 0.2) is 84.0 Å². The van der Waals surface area contributed by atoms with E-state index < -0.39 is 5.60 Å². The lowest BCUT2D eigenvalue weighted by Gasteiger charge is -2.30. The van der Waals surface area contributed by atoms with Crippen LogP contribution < -0.4 is 11.3 Å². The number of hydrogen-bond donors (Lipinski definition) is 3. The first-order valence-corrected chi connectivity index (χ1v) is 11.2. The Kier molecular flexibility index (Phi) is 5.44. The zero-order valence-corrected chi connectivity index (χ0v) is 19.6. The summed E-state index contributed by atoms with van der Waals surface area (Å²) in [4.78, 5) is 19.5. The number of nitrogens with zero attached hydrogens (tertiary/aromatic N) is 2. The van der Waals surface area contributed by atoms with Crippen molar-refractivity contribution in [2.45, 2.75) is 5.60 Å². The molecule has 1 unspecified atom stereocenters. The molecule has 1 atom stereocenters. The molecule has 5 aromatic rings. The van der Waals surface area contributed by atoms with Crippen LogP contribution in [0.25, 0.3) is 22.0 Å². The number of nitrogen functional groups attached to an aromatic ring is 1. The van der Waals surface area contributed by atoms with Gasteiger partial charge in [-0.25, -0.2) is 4.98 Å². The smallest absolute Gasteiger partial charge is 0.249 e. The van der Waals surface area contributed by atoms with Gasteiger partial charge in [-0.05, 0) is 58.7 Å². The summed E-state index contributed by atoms with van der Waals surface area (Å²) < 4.78 is 1.75. The van der Waals surface area contributed by atoms with Gasteiger partial charge in [-0.1, -0.05) is 47.5 Å². The number of aliphatic hydroxyl groups is 1. The fourth-order valence-electron chi connectivity index (χ4n) is 4.35. The maximum absolute atomic E-state index is 12.5. The van der Waals surface area contributed by atoms with E-state index in [4.69, 9.17) is 28.9 Å². The number of aromatic nitrogens is 3. The Morgan fingerprint density at radius 3 is 2.44 bits per heavy atom. The first-order chi connectivity index (χ1) is 16.3. The van der Waals surface area contributed by atoms with E-state index in [-0.39, 0.29) is 5.56 Å². The van der Waals surface area contributed by atoms with Crippen molar-refractivity contribution < 1.29 is 5.11 Å². The van der Waals surface area contributed by atoms with Gasteiger partial charge in [0.1, 0.15) is 0 Å². The van der Waals surface area contributed by atoms with E-state index in [0.717, 1.165) is 5.56 Å². The maximum Gasteiger partial charge on any atom is 0.249 e. The molecule has 0 saturated carbocycles. The zero-order valence-electron chi connectivity index (χ0n) is 18.1. The number of fused-ring (bicyclic) bond motifs is 1. The molecule has 0 aliphatic carbocycles. The molecule has 6 nitrogen and oxygen atoms in total. The fourth-order valence-corrected chi connectivity index (χ4v) is 4.66. The van der Waals surface area contributed by atoms with Gasteiger partial charge in [0.15, 0.2) is 5.60 Å². The van der Waals surface area contributed by atoms with Crippen molar-refractivity contribution in [1.29, 1.82) is 0 Å². The minimum Gasteiger partial charge on any atom is -0.397 e. The van der Waals surface area contributed by atoms with Crippen molar-refractivity contribution >= 4 is 39.8 Å². The number of aromatic amines is 1. The Morgan fingerprint density at radius 1 is 1.00 bits per heavy atom. The summed E-state index contributed by atoms with van der Waals surface area (Å²) >= 11 is 12.3. The van der Waals surface area contributed by atoms with E-state index in [1.165, 1.54) is 6.07 Å². The molecule has 2 aromatic heterocycles. The van der Waals surface area contributed by atoms with Crippen molar-refractivity contribution in [1.82, 2.24) is 14.5 Å². The highest BCUT2D eigenvalue weighted by atomic mass is 35.5. The molecule has 0 aliphatic heterocycles. The molecule has 0 fully saturated rings. The third-order valence-corrected chi connectivity index (χ3v) is 6.47. The van der Waals surface area contributed by atoms with Gasteiger partial charge >= 0.3 is 0 Å². The van der Waals surface area contributed by atoms with Crippen LogP contribution in [0.1, 0.15) is 16.8 Å². The van der Waals surface area contributed by atoms with Crippen LogP contribution in [-0.4, -0.2) is 19.6 Å². The van der Waals surface area contributed by atoms with Crippen LogP contribution in [-0.2, 0) is 12.6 Å². The predicted molar refractivity (Wildman–Crippen MR) is 136 cm³/mol. The van der Waals surface area contributed by atoms with Crippen molar-refractivity contribution in [3.05, 3.63) is 116 Å². The van der Waals surface area contributed by atoms with E-state index >= 15 is 0 Å². The lowest BCUT2D eigenvalue weighted by molar-refractivity contribution is 0.117. The average Bonchev–Trinajstić information content (AvgIpc) is 3.25. The second kappa shape index (κ2) is 8.33. The Morgan fingerprint density at radius 2 is 1.76 bits per heavy atom. The molecule has 0 radical (unpaired) electrons. The zero-order chi connectivity index (χ0) is 24.0. The van der Waals surface area contributed by atoms with Crippen molar-refractivity contribution in [2.24, 2.45) is 7.05 Å². The molecule has 0 amide bonds. The number of nitrogens with two attached hydrogens (primary N) is 1.